The number of benzene rings is 1. The number of hydrogen-bond acceptors (Lipinski definition) is 3. The number of Topliss-reactive ketones (excluding diaryl/α,β-unsaturated/α-hetero) is 1. The van der Waals surface area contributed by atoms with E-state index in [1.165, 1.54) is 6.21 Å². The number of nitrogens with zero attached hydrogens (tertiary/aromatic N) is 1. The van der Waals surface area contributed by atoms with Gasteiger partial charge in [0.15, 0.2) is 5.78 Å². The predicted octanol–water partition coefficient (Wildman–Crippen LogP) is 1.68. The molecule has 0 aliphatic heterocycles. The van der Waals surface area contributed by atoms with Crippen LogP contribution < -0.4 is 11.2 Å². The molecule has 0 saturated carbocycles. The average molecular weight is 284 g/mol. The van der Waals surface area contributed by atoms with Gasteiger partial charge in [-0.1, -0.05) is 28.1 Å². The van der Waals surface area contributed by atoms with Crippen molar-refractivity contribution in [1.29, 1.82) is 0 Å². The number of carbonyl (C=O) groups excluding carboxylic acids is 2. The molecule has 0 atom stereocenters. The van der Waals surface area contributed by atoms with Gasteiger partial charge in [0.05, 0.1) is 0 Å². The van der Waals surface area contributed by atoms with Crippen molar-refractivity contribution in [3.8, 4) is 0 Å². The Morgan fingerprint density at radius 1 is 1.38 bits per heavy atom. The minimum atomic E-state index is -0.757. The number of carbonyl (C=O) groups is 2. The lowest BCUT2D eigenvalue weighted by molar-refractivity contribution is 0.100. The molecular formula is C10H10BrN3O2. The Hall–Kier alpha value is -1.69. The fourth-order valence-corrected chi connectivity index (χ4v) is 1.26. The van der Waals surface area contributed by atoms with Gasteiger partial charge in [0.25, 0.3) is 0 Å². The summed E-state index contributed by atoms with van der Waals surface area (Å²) in [5.74, 6) is -0.0810. The maximum atomic E-state index is 11.6. The Labute approximate surface area is 101 Å². The average Bonchev–Trinajstić information content (AvgIpc) is 2.25. The molecule has 1 aromatic rings. The summed E-state index contributed by atoms with van der Waals surface area (Å²) in [4.78, 5) is 21.8. The third kappa shape index (κ3) is 4.22. The Morgan fingerprint density at radius 3 is 2.56 bits per heavy atom. The van der Waals surface area contributed by atoms with Crippen LogP contribution in [0, 0.1) is 0 Å². The van der Waals surface area contributed by atoms with Crippen LogP contribution in [0.4, 0.5) is 4.79 Å². The molecule has 6 heteroatoms. The van der Waals surface area contributed by atoms with E-state index in [4.69, 9.17) is 5.73 Å². The first kappa shape index (κ1) is 12.4. The highest BCUT2D eigenvalue weighted by Gasteiger charge is 2.03. The molecule has 0 fully saturated rings. The van der Waals surface area contributed by atoms with Crippen LogP contribution in [0.3, 0.4) is 0 Å². The first-order valence-electron chi connectivity index (χ1n) is 4.45. The number of hydrogen-bond donors (Lipinski definition) is 2. The van der Waals surface area contributed by atoms with Crippen molar-refractivity contribution in [2.75, 3.05) is 0 Å². The zero-order valence-corrected chi connectivity index (χ0v) is 9.90. The second kappa shape index (κ2) is 6.02. The fraction of sp³-hybridized carbons (Fsp3) is 0.100. The van der Waals surface area contributed by atoms with Gasteiger partial charge in [-0.15, -0.1) is 0 Å². The van der Waals surface area contributed by atoms with Crippen LogP contribution in [0.5, 0.6) is 0 Å². The number of nitrogens with two attached hydrogens (primary N) is 1. The lowest BCUT2D eigenvalue weighted by Gasteiger charge is -1.97. The van der Waals surface area contributed by atoms with Crippen LogP contribution >= 0.6 is 15.9 Å². The van der Waals surface area contributed by atoms with Crippen LogP contribution in [0.2, 0.25) is 0 Å². The maximum absolute atomic E-state index is 11.6. The third-order valence-corrected chi connectivity index (χ3v) is 2.24. The summed E-state index contributed by atoms with van der Waals surface area (Å²) in [7, 11) is 0. The third-order valence-electron chi connectivity index (χ3n) is 1.71. The van der Waals surface area contributed by atoms with Crippen molar-refractivity contribution < 1.29 is 9.59 Å². The Kier molecular flexibility index (Phi) is 4.65. The van der Waals surface area contributed by atoms with Gasteiger partial charge in [-0.05, 0) is 12.1 Å². The molecule has 0 aromatic heterocycles. The van der Waals surface area contributed by atoms with Gasteiger partial charge in [-0.3, -0.25) is 4.79 Å². The number of ketones is 1. The predicted molar refractivity (Wildman–Crippen MR) is 64.3 cm³/mol. The smallest absolute Gasteiger partial charge is 0.332 e. The first-order chi connectivity index (χ1) is 7.59. The summed E-state index contributed by atoms with van der Waals surface area (Å²) in [5.41, 5.74) is 7.38. The molecule has 0 aliphatic carbocycles. The van der Waals surface area contributed by atoms with Crippen molar-refractivity contribution in [3.63, 3.8) is 0 Å². The molecule has 84 valence electrons. The van der Waals surface area contributed by atoms with Crippen LogP contribution in [-0.2, 0) is 0 Å². The molecule has 3 N–H and O–H groups in total. The Balaban J connectivity index is 2.50. The Morgan fingerprint density at radius 2 is 2.00 bits per heavy atom. The van der Waals surface area contributed by atoms with E-state index in [1.807, 2.05) is 5.43 Å². The number of hydrazone groups is 1. The molecule has 0 bridgehead atoms. The molecule has 0 radical (unpaired) electrons. The SMILES string of the molecule is NC(=O)N/N=C/CC(=O)c1ccc(Br)cc1. The molecule has 0 saturated heterocycles. The standard InChI is InChI=1S/C10H10BrN3O2/c11-8-3-1-7(2-4-8)9(15)5-6-13-14-10(12)16/h1-4,6H,5H2,(H3,12,14,16)/b13-6+. The Bertz CT molecular complexity index is 415. The first-order valence-corrected chi connectivity index (χ1v) is 5.24. The summed E-state index contributed by atoms with van der Waals surface area (Å²) in [6.07, 6.45) is 1.41. The van der Waals surface area contributed by atoms with Gasteiger partial charge < -0.3 is 5.73 Å². The van der Waals surface area contributed by atoms with Crippen LogP contribution in [0.15, 0.2) is 33.8 Å². The van der Waals surface area contributed by atoms with E-state index in [2.05, 4.69) is 21.0 Å². The summed E-state index contributed by atoms with van der Waals surface area (Å²) < 4.78 is 0.910. The number of amides is 2. The van der Waals surface area contributed by atoms with Gasteiger partial charge in [0.2, 0.25) is 0 Å². The zero-order chi connectivity index (χ0) is 12.0. The van der Waals surface area contributed by atoms with Crippen molar-refractivity contribution in [3.05, 3.63) is 34.3 Å². The van der Waals surface area contributed by atoms with Crippen molar-refractivity contribution >= 4 is 34.0 Å². The lowest BCUT2D eigenvalue weighted by Crippen LogP contribution is -2.24. The highest BCUT2D eigenvalue weighted by molar-refractivity contribution is 9.10. The van der Waals surface area contributed by atoms with Gasteiger partial charge in [0.1, 0.15) is 0 Å². The molecule has 1 aromatic carbocycles. The van der Waals surface area contributed by atoms with Crippen LogP contribution in [-0.4, -0.2) is 18.0 Å². The van der Waals surface area contributed by atoms with E-state index >= 15 is 0 Å². The van der Waals surface area contributed by atoms with E-state index < -0.39 is 6.03 Å². The van der Waals surface area contributed by atoms with Crippen LogP contribution in [0.25, 0.3) is 0 Å². The normalized spacial score (nSPS) is 10.3. The highest BCUT2D eigenvalue weighted by atomic mass is 79.9. The zero-order valence-electron chi connectivity index (χ0n) is 8.31. The number of rotatable bonds is 4. The summed E-state index contributed by atoms with van der Waals surface area (Å²) in [6, 6.07) is 6.23. The molecule has 1 rings (SSSR count). The maximum Gasteiger partial charge on any atom is 0.332 e. The molecule has 5 nitrogen and oxygen atoms in total. The molecular weight excluding hydrogens is 274 g/mol. The molecule has 0 heterocycles. The second-order valence-electron chi connectivity index (χ2n) is 2.92. The van der Waals surface area contributed by atoms with Crippen LogP contribution in [0.1, 0.15) is 16.8 Å². The molecule has 0 unspecified atom stereocenters. The van der Waals surface area contributed by atoms with Gasteiger partial charge >= 0.3 is 6.03 Å². The second-order valence-corrected chi connectivity index (χ2v) is 3.84. The van der Waals surface area contributed by atoms with Crippen molar-refractivity contribution in [2.45, 2.75) is 6.42 Å². The van der Waals surface area contributed by atoms with Gasteiger partial charge in [-0.2, -0.15) is 5.10 Å². The minimum Gasteiger partial charge on any atom is -0.350 e. The number of halogens is 1. The lowest BCUT2D eigenvalue weighted by atomic mass is 10.1. The van der Waals surface area contributed by atoms with Crippen molar-refractivity contribution in [1.82, 2.24) is 5.43 Å². The van der Waals surface area contributed by atoms with E-state index in [0.29, 0.717) is 5.56 Å². The molecule has 16 heavy (non-hydrogen) atoms. The fourth-order valence-electron chi connectivity index (χ4n) is 0.991. The van der Waals surface area contributed by atoms with E-state index in [9.17, 15) is 9.59 Å². The number of urea groups is 1. The van der Waals surface area contributed by atoms with E-state index in [-0.39, 0.29) is 12.2 Å². The van der Waals surface area contributed by atoms with E-state index in [1.54, 1.807) is 24.3 Å². The monoisotopic (exact) mass is 283 g/mol. The number of nitrogens with one attached hydrogen (secondary N) is 1. The van der Waals surface area contributed by atoms with Gasteiger partial charge in [-0.25, -0.2) is 10.2 Å². The van der Waals surface area contributed by atoms with E-state index in [0.717, 1.165) is 4.47 Å². The van der Waals surface area contributed by atoms with Crippen molar-refractivity contribution in [2.24, 2.45) is 10.8 Å². The topological polar surface area (TPSA) is 84.6 Å². The highest BCUT2D eigenvalue weighted by Crippen LogP contribution is 2.11. The summed E-state index contributed by atoms with van der Waals surface area (Å²) >= 11 is 3.28. The minimum absolute atomic E-state index is 0.0810. The molecule has 0 aliphatic rings. The molecule has 0 spiro atoms. The number of primary amides is 1. The summed E-state index contributed by atoms with van der Waals surface area (Å²) in [5, 5.41) is 3.47. The quantitative estimate of drug-likeness (QED) is 0.500. The largest absolute Gasteiger partial charge is 0.350 e. The summed E-state index contributed by atoms with van der Waals surface area (Å²) in [6.45, 7) is 0. The van der Waals surface area contributed by atoms with Gasteiger partial charge in [0, 0.05) is 22.7 Å². The molecule has 2 amide bonds.